The predicted molar refractivity (Wildman–Crippen MR) is 80.6 cm³/mol. The standard InChI is InChI=1S/C15H17N5O/c1-18(2)14(21)9-20-7-6-11-8-12(4-5-13(11)20)15-16-10-19(3)17-15/h4-8,10H,9H2,1-3H3. The number of aryl methyl sites for hydroxylation is 1. The molecule has 0 radical (unpaired) electrons. The molecule has 0 aliphatic carbocycles. The lowest BCUT2D eigenvalue weighted by molar-refractivity contribution is -0.129. The van der Waals surface area contributed by atoms with Crippen LogP contribution in [-0.4, -0.2) is 44.2 Å². The molecule has 21 heavy (non-hydrogen) atoms. The molecule has 2 heterocycles. The topological polar surface area (TPSA) is 56.0 Å². The molecule has 3 rings (SSSR count). The second kappa shape index (κ2) is 5.05. The molecule has 6 heteroatoms. The van der Waals surface area contributed by atoms with Crippen molar-refractivity contribution in [2.75, 3.05) is 14.1 Å². The van der Waals surface area contributed by atoms with Crippen LogP contribution in [0.5, 0.6) is 0 Å². The Morgan fingerprint density at radius 2 is 2.10 bits per heavy atom. The van der Waals surface area contributed by atoms with Gasteiger partial charge in [-0.3, -0.25) is 9.48 Å². The number of hydrogen-bond acceptors (Lipinski definition) is 3. The summed E-state index contributed by atoms with van der Waals surface area (Å²) < 4.78 is 3.63. The Labute approximate surface area is 122 Å². The SMILES string of the molecule is CN(C)C(=O)Cn1ccc2cc(-c3ncn(C)n3)ccc21. The monoisotopic (exact) mass is 283 g/mol. The first-order chi connectivity index (χ1) is 10.0. The Hall–Kier alpha value is -2.63. The molecule has 0 aliphatic heterocycles. The highest BCUT2D eigenvalue weighted by molar-refractivity contribution is 5.86. The molecule has 2 aromatic heterocycles. The molecule has 108 valence electrons. The molecular weight excluding hydrogens is 266 g/mol. The van der Waals surface area contributed by atoms with Crippen molar-refractivity contribution < 1.29 is 4.79 Å². The van der Waals surface area contributed by atoms with Gasteiger partial charge < -0.3 is 9.47 Å². The molecule has 3 aromatic rings. The maximum absolute atomic E-state index is 11.8. The molecule has 1 amide bonds. The molecule has 0 unspecified atom stereocenters. The number of carbonyl (C=O) groups is 1. The van der Waals surface area contributed by atoms with E-state index in [1.807, 2.05) is 42.1 Å². The predicted octanol–water partition coefficient (Wildman–Crippen LogP) is 1.52. The number of rotatable bonds is 3. The van der Waals surface area contributed by atoms with Crippen LogP contribution in [0.4, 0.5) is 0 Å². The Balaban J connectivity index is 1.96. The van der Waals surface area contributed by atoms with Crippen LogP contribution in [0.15, 0.2) is 36.8 Å². The van der Waals surface area contributed by atoms with Crippen LogP contribution in [-0.2, 0) is 18.4 Å². The van der Waals surface area contributed by atoms with Crippen LogP contribution >= 0.6 is 0 Å². The van der Waals surface area contributed by atoms with Crippen molar-refractivity contribution in [1.29, 1.82) is 0 Å². The van der Waals surface area contributed by atoms with E-state index in [4.69, 9.17) is 0 Å². The van der Waals surface area contributed by atoms with Crippen molar-refractivity contribution in [1.82, 2.24) is 24.2 Å². The molecular formula is C15H17N5O. The highest BCUT2D eigenvalue weighted by Gasteiger charge is 2.10. The summed E-state index contributed by atoms with van der Waals surface area (Å²) in [6.07, 6.45) is 3.61. The largest absolute Gasteiger partial charge is 0.347 e. The number of hydrogen-bond donors (Lipinski definition) is 0. The number of nitrogens with zero attached hydrogens (tertiary/aromatic N) is 5. The van der Waals surface area contributed by atoms with Crippen LogP contribution in [0.1, 0.15) is 0 Å². The second-order valence-corrected chi connectivity index (χ2v) is 5.25. The van der Waals surface area contributed by atoms with E-state index in [9.17, 15) is 4.79 Å². The summed E-state index contributed by atoms with van der Waals surface area (Å²) in [6.45, 7) is 0.345. The van der Waals surface area contributed by atoms with Crippen molar-refractivity contribution >= 4 is 16.8 Å². The van der Waals surface area contributed by atoms with Crippen molar-refractivity contribution in [3.8, 4) is 11.4 Å². The number of aromatic nitrogens is 4. The second-order valence-electron chi connectivity index (χ2n) is 5.25. The van der Waals surface area contributed by atoms with Gasteiger partial charge in [0, 0.05) is 43.8 Å². The molecule has 6 nitrogen and oxygen atoms in total. The van der Waals surface area contributed by atoms with E-state index in [0.29, 0.717) is 12.4 Å². The summed E-state index contributed by atoms with van der Waals surface area (Å²) >= 11 is 0. The van der Waals surface area contributed by atoms with Gasteiger partial charge in [-0.1, -0.05) is 0 Å². The van der Waals surface area contributed by atoms with Crippen molar-refractivity contribution in [2.45, 2.75) is 6.54 Å². The van der Waals surface area contributed by atoms with Crippen LogP contribution in [0.2, 0.25) is 0 Å². The van der Waals surface area contributed by atoms with Gasteiger partial charge in [0.2, 0.25) is 5.91 Å². The molecule has 0 atom stereocenters. The third-order valence-corrected chi connectivity index (χ3v) is 3.43. The van der Waals surface area contributed by atoms with Crippen LogP contribution in [0, 0.1) is 0 Å². The number of likely N-dealkylation sites (N-methyl/N-ethyl adjacent to an activating group) is 1. The number of fused-ring (bicyclic) bond motifs is 1. The van der Waals surface area contributed by atoms with E-state index in [1.165, 1.54) is 0 Å². The Bertz CT molecular complexity index is 799. The van der Waals surface area contributed by atoms with Gasteiger partial charge in [-0.15, -0.1) is 0 Å². The molecule has 0 saturated heterocycles. The molecule has 0 bridgehead atoms. The van der Waals surface area contributed by atoms with Gasteiger partial charge >= 0.3 is 0 Å². The van der Waals surface area contributed by atoms with E-state index in [2.05, 4.69) is 10.1 Å². The number of carbonyl (C=O) groups excluding carboxylic acids is 1. The first kappa shape index (κ1) is 13.4. The van der Waals surface area contributed by atoms with Gasteiger partial charge in [-0.05, 0) is 24.3 Å². The Morgan fingerprint density at radius 3 is 2.76 bits per heavy atom. The highest BCUT2D eigenvalue weighted by atomic mass is 16.2. The third-order valence-electron chi connectivity index (χ3n) is 3.43. The summed E-state index contributed by atoms with van der Waals surface area (Å²) in [4.78, 5) is 17.7. The van der Waals surface area contributed by atoms with Gasteiger partial charge in [0.25, 0.3) is 0 Å². The van der Waals surface area contributed by atoms with Crippen LogP contribution < -0.4 is 0 Å². The zero-order valence-electron chi connectivity index (χ0n) is 12.3. The van der Waals surface area contributed by atoms with E-state index >= 15 is 0 Å². The third kappa shape index (κ3) is 2.52. The zero-order chi connectivity index (χ0) is 15.0. The average Bonchev–Trinajstić information content (AvgIpc) is 3.05. The molecule has 0 saturated carbocycles. The normalized spacial score (nSPS) is 11.0. The quantitative estimate of drug-likeness (QED) is 0.732. The highest BCUT2D eigenvalue weighted by Crippen LogP contribution is 2.22. The van der Waals surface area contributed by atoms with Crippen LogP contribution in [0.25, 0.3) is 22.3 Å². The summed E-state index contributed by atoms with van der Waals surface area (Å²) in [6, 6.07) is 8.03. The van der Waals surface area contributed by atoms with Gasteiger partial charge in [0.15, 0.2) is 5.82 Å². The van der Waals surface area contributed by atoms with E-state index in [-0.39, 0.29) is 5.91 Å². The van der Waals surface area contributed by atoms with E-state index in [0.717, 1.165) is 16.5 Å². The minimum atomic E-state index is 0.0722. The summed E-state index contributed by atoms with van der Waals surface area (Å²) in [5, 5.41) is 5.38. The first-order valence-corrected chi connectivity index (χ1v) is 6.69. The minimum Gasteiger partial charge on any atom is -0.347 e. The molecule has 0 aliphatic rings. The fraction of sp³-hybridized carbons (Fsp3) is 0.267. The zero-order valence-corrected chi connectivity index (χ0v) is 12.3. The van der Waals surface area contributed by atoms with E-state index < -0.39 is 0 Å². The first-order valence-electron chi connectivity index (χ1n) is 6.69. The number of amides is 1. The van der Waals surface area contributed by atoms with Gasteiger partial charge in [-0.2, -0.15) is 5.10 Å². The number of benzene rings is 1. The smallest absolute Gasteiger partial charge is 0.241 e. The summed E-state index contributed by atoms with van der Waals surface area (Å²) in [5.74, 6) is 0.777. The van der Waals surface area contributed by atoms with Gasteiger partial charge in [-0.25, -0.2) is 4.98 Å². The minimum absolute atomic E-state index is 0.0722. The summed E-state index contributed by atoms with van der Waals surface area (Å²) in [5.41, 5.74) is 2.00. The molecule has 0 N–H and O–H groups in total. The average molecular weight is 283 g/mol. The molecule has 1 aromatic carbocycles. The maximum Gasteiger partial charge on any atom is 0.241 e. The lowest BCUT2D eigenvalue weighted by atomic mass is 10.1. The fourth-order valence-electron chi connectivity index (χ4n) is 2.24. The summed E-state index contributed by atoms with van der Waals surface area (Å²) in [7, 11) is 5.37. The van der Waals surface area contributed by atoms with Crippen LogP contribution in [0.3, 0.4) is 0 Å². The lowest BCUT2D eigenvalue weighted by Gasteiger charge is -2.11. The lowest BCUT2D eigenvalue weighted by Crippen LogP contribution is -2.25. The van der Waals surface area contributed by atoms with Crippen molar-refractivity contribution in [3.05, 3.63) is 36.8 Å². The maximum atomic E-state index is 11.8. The van der Waals surface area contributed by atoms with Gasteiger partial charge in [0.05, 0.1) is 0 Å². The molecule has 0 spiro atoms. The van der Waals surface area contributed by atoms with Crippen molar-refractivity contribution in [2.24, 2.45) is 7.05 Å². The van der Waals surface area contributed by atoms with Crippen molar-refractivity contribution in [3.63, 3.8) is 0 Å². The Kier molecular flexibility index (Phi) is 3.21. The van der Waals surface area contributed by atoms with E-state index in [1.54, 1.807) is 30.0 Å². The Morgan fingerprint density at radius 1 is 1.29 bits per heavy atom. The molecule has 0 fully saturated rings. The fourth-order valence-corrected chi connectivity index (χ4v) is 2.24. The van der Waals surface area contributed by atoms with Gasteiger partial charge in [0.1, 0.15) is 12.9 Å².